The molecule has 2 fully saturated rings. The van der Waals surface area contributed by atoms with Crippen LogP contribution in [0.1, 0.15) is 53.4 Å². The fourth-order valence-electron chi connectivity index (χ4n) is 3.81. The molecule has 1 N–H and O–H groups in total. The first kappa shape index (κ1) is 14.3. The number of hydrogen-bond acceptors (Lipinski definition) is 3. The topological polar surface area (TPSA) is 32.7 Å². The quantitative estimate of drug-likeness (QED) is 0.822. The fraction of sp³-hybridized carbons (Fsp3) is 1.00. The lowest BCUT2D eigenvalue weighted by Gasteiger charge is -2.48. The number of aliphatic hydroxyl groups is 1. The van der Waals surface area contributed by atoms with Gasteiger partial charge in [0, 0.05) is 19.6 Å². The van der Waals surface area contributed by atoms with E-state index in [1.807, 2.05) is 0 Å². The highest BCUT2D eigenvalue weighted by molar-refractivity contribution is 4.90. The van der Waals surface area contributed by atoms with E-state index in [-0.39, 0.29) is 17.3 Å². The molecule has 0 radical (unpaired) electrons. The minimum atomic E-state index is -0.0900. The molecule has 0 aromatic heterocycles. The minimum Gasteiger partial charge on any atom is -0.393 e. The van der Waals surface area contributed by atoms with Gasteiger partial charge in [-0.25, -0.2) is 0 Å². The first-order valence-corrected chi connectivity index (χ1v) is 7.38. The first-order chi connectivity index (χ1) is 8.27. The highest BCUT2D eigenvalue weighted by Crippen LogP contribution is 2.31. The molecule has 0 bridgehead atoms. The van der Waals surface area contributed by atoms with Gasteiger partial charge in [-0.3, -0.25) is 4.90 Å². The van der Waals surface area contributed by atoms with Crippen molar-refractivity contribution in [2.45, 2.75) is 70.7 Å². The molecule has 1 aliphatic heterocycles. The molecular formula is C15H29NO2. The SMILES string of the molecule is CC1(C)CN(CC2CCCCC2O)CC(C)(C)O1. The zero-order chi connectivity index (χ0) is 13.4. The van der Waals surface area contributed by atoms with Crippen molar-refractivity contribution in [3.8, 4) is 0 Å². The number of rotatable bonds is 2. The van der Waals surface area contributed by atoms with Crippen LogP contribution in [0.3, 0.4) is 0 Å². The van der Waals surface area contributed by atoms with Gasteiger partial charge in [0.05, 0.1) is 17.3 Å². The van der Waals surface area contributed by atoms with E-state index in [4.69, 9.17) is 4.74 Å². The maximum Gasteiger partial charge on any atom is 0.0760 e. The largest absolute Gasteiger partial charge is 0.393 e. The molecule has 2 atom stereocenters. The van der Waals surface area contributed by atoms with Gasteiger partial charge in [0.25, 0.3) is 0 Å². The van der Waals surface area contributed by atoms with E-state index < -0.39 is 0 Å². The van der Waals surface area contributed by atoms with Gasteiger partial charge in [-0.2, -0.15) is 0 Å². The Hall–Kier alpha value is -0.120. The summed E-state index contributed by atoms with van der Waals surface area (Å²) in [5, 5.41) is 10.1. The Labute approximate surface area is 112 Å². The third-order valence-electron chi connectivity index (χ3n) is 4.12. The molecule has 18 heavy (non-hydrogen) atoms. The summed E-state index contributed by atoms with van der Waals surface area (Å²) in [6.45, 7) is 11.6. The van der Waals surface area contributed by atoms with E-state index in [1.54, 1.807) is 0 Å². The van der Waals surface area contributed by atoms with Gasteiger partial charge in [-0.15, -0.1) is 0 Å². The summed E-state index contributed by atoms with van der Waals surface area (Å²) < 4.78 is 6.10. The lowest BCUT2D eigenvalue weighted by Crippen LogP contribution is -2.58. The van der Waals surface area contributed by atoms with Crippen molar-refractivity contribution in [3.63, 3.8) is 0 Å². The molecule has 0 spiro atoms. The molecule has 0 amide bonds. The molecule has 0 aromatic rings. The molecule has 2 rings (SSSR count). The van der Waals surface area contributed by atoms with Gasteiger partial charge >= 0.3 is 0 Å². The molecule has 0 aromatic carbocycles. The standard InChI is InChI=1S/C15H29NO2/c1-14(2)10-16(11-15(3,4)18-14)9-12-7-5-6-8-13(12)17/h12-13,17H,5-11H2,1-4H3. The van der Waals surface area contributed by atoms with Gasteiger partial charge in [0.1, 0.15) is 0 Å². The van der Waals surface area contributed by atoms with E-state index in [2.05, 4.69) is 32.6 Å². The third-order valence-corrected chi connectivity index (χ3v) is 4.12. The van der Waals surface area contributed by atoms with E-state index in [9.17, 15) is 5.11 Å². The lowest BCUT2D eigenvalue weighted by atomic mass is 9.85. The first-order valence-electron chi connectivity index (χ1n) is 7.38. The number of ether oxygens (including phenoxy) is 1. The second-order valence-corrected chi connectivity index (χ2v) is 7.40. The van der Waals surface area contributed by atoms with Crippen LogP contribution in [-0.2, 0) is 4.74 Å². The predicted molar refractivity (Wildman–Crippen MR) is 73.6 cm³/mol. The maximum atomic E-state index is 10.1. The van der Waals surface area contributed by atoms with Crippen LogP contribution < -0.4 is 0 Å². The third kappa shape index (κ3) is 3.69. The Bertz CT molecular complexity index is 272. The molecule has 2 aliphatic rings. The highest BCUT2D eigenvalue weighted by Gasteiger charge is 2.39. The number of hydrogen-bond donors (Lipinski definition) is 1. The van der Waals surface area contributed by atoms with Gasteiger partial charge in [0.15, 0.2) is 0 Å². The van der Waals surface area contributed by atoms with Crippen molar-refractivity contribution in [1.82, 2.24) is 4.90 Å². The summed E-state index contributed by atoms with van der Waals surface area (Å²) in [5.74, 6) is 0.462. The smallest absolute Gasteiger partial charge is 0.0760 e. The zero-order valence-electron chi connectivity index (χ0n) is 12.4. The summed E-state index contributed by atoms with van der Waals surface area (Å²) in [6.07, 6.45) is 4.55. The van der Waals surface area contributed by atoms with Gasteiger partial charge in [0.2, 0.25) is 0 Å². The normalized spacial score (nSPS) is 36.5. The van der Waals surface area contributed by atoms with Crippen LogP contribution in [0.25, 0.3) is 0 Å². The highest BCUT2D eigenvalue weighted by atomic mass is 16.5. The van der Waals surface area contributed by atoms with Gasteiger partial charge < -0.3 is 9.84 Å². The Balaban J connectivity index is 1.95. The van der Waals surface area contributed by atoms with Crippen molar-refractivity contribution >= 4 is 0 Å². The minimum absolute atomic E-state index is 0.0820. The van der Waals surface area contributed by atoms with Crippen LogP contribution in [0.5, 0.6) is 0 Å². The van der Waals surface area contributed by atoms with Crippen LogP contribution in [0.15, 0.2) is 0 Å². The average Bonchev–Trinajstić information content (AvgIpc) is 2.16. The van der Waals surface area contributed by atoms with Crippen LogP contribution in [-0.4, -0.2) is 46.9 Å². The van der Waals surface area contributed by atoms with E-state index in [0.717, 1.165) is 26.1 Å². The van der Waals surface area contributed by atoms with Crippen molar-refractivity contribution < 1.29 is 9.84 Å². The van der Waals surface area contributed by atoms with Crippen LogP contribution in [0.4, 0.5) is 0 Å². The monoisotopic (exact) mass is 255 g/mol. The van der Waals surface area contributed by atoms with Crippen molar-refractivity contribution in [3.05, 3.63) is 0 Å². The number of nitrogens with zero attached hydrogens (tertiary/aromatic N) is 1. The average molecular weight is 255 g/mol. The Kier molecular flexibility index (Phi) is 4.05. The summed E-state index contributed by atoms with van der Waals surface area (Å²) in [6, 6.07) is 0. The molecule has 1 aliphatic carbocycles. The summed E-state index contributed by atoms with van der Waals surface area (Å²) in [4.78, 5) is 2.49. The Morgan fingerprint density at radius 2 is 1.61 bits per heavy atom. The molecule has 3 heteroatoms. The molecule has 1 heterocycles. The molecule has 3 nitrogen and oxygen atoms in total. The summed E-state index contributed by atoms with van der Waals surface area (Å²) in [5.41, 5.74) is -0.164. The second-order valence-electron chi connectivity index (χ2n) is 7.40. The van der Waals surface area contributed by atoms with Gasteiger partial charge in [-0.1, -0.05) is 12.8 Å². The van der Waals surface area contributed by atoms with Crippen LogP contribution in [0.2, 0.25) is 0 Å². The molecule has 1 saturated heterocycles. The number of aliphatic hydroxyl groups excluding tert-OH is 1. The van der Waals surface area contributed by atoms with Crippen LogP contribution >= 0.6 is 0 Å². The van der Waals surface area contributed by atoms with Crippen molar-refractivity contribution in [1.29, 1.82) is 0 Å². The molecule has 106 valence electrons. The number of morpholine rings is 1. The predicted octanol–water partition coefficient (Wildman–Crippen LogP) is 2.43. The second kappa shape index (κ2) is 5.10. The summed E-state index contributed by atoms with van der Waals surface area (Å²) in [7, 11) is 0. The zero-order valence-corrected chi connectivity index (χ0v) is 12.4. The molecular weight excluding hydrogens is 226 g/mol. The molecule has 2 unspecified atom stereocenters. The van der Waals surface area contributed by atoms with Crippen molar-refractivity contribution in [2.75, 3.05) is 19.6 Å². The summed E-state index contributed by atoms with van der Waals surface area (Å²) >= 11 is 0. The molecule has 1 saturated carbocycles. The Morgan fingerprint density at radius 1 is 1.06 bits per heavy atom. The van der Waals surface area contributed by atoms with Crippen LogP contribution in [0, 0.1) is 5.92 Å². The van der Waals surface area contributed by atoms with E-state index in [0.29, 0.717) is 5.92 Å². The van der Waals surface area contributed by atoms with E-state index in [1.165, 1.54) is 19.3 Å². The van der Waals surface area contributed by atoms with Gasteiger partial charge in [-0.05, 0) is 46.5 Å². The Morgan fingerprint density at radius 3 is 2.17 bits per heavy atom. The maximum absolute atomic E-state index is 10.1. The fourth-order valence-corrected chi connectivity index (χ4v) is 3.81. The lowest BCUT2D eigenvalue weighted by molar-refractivity contribution is -0.184. The van der Waals surface area contributed by atoms with E-state index >= 15 is 0 Å². The van der Waals surface area contributed by atoms with Crippen molar-refractivity contribution in [2.24, 2.45) is 5.92 Å².